The summed E-state index contributed by atoms with van der Waals surface area (Å²) in [5.74, 6) is -0.215. The number of carbonyl (C=O) groups is 1. The molecule has 8 heteroatoms. The number of para-hydroxylation sites is 1. The van der Waals surface area contributed by atoms with Gasteiger partial charge < -0.3 is 4.90 Å². The number of hydrogen-bond donors (Lipinski definition) is 0. The van der Waals surface area contributed by atoms with Crippen molar-refractivity contribution >= 4 is 33.5 Å². The van der Waals surface area contributed by atoms with Crippen molar-refractivity contribution in [3.05, 3.63) is 85.4 Å². The first-order valence-electron chi connectivity index (χ1n) is 9.55. The van der Waals surface area contributed by atoms with Gasteiger partial charge >= 0.3 is 5.56 Å². The van der Waals surface area contributed by atoms with E-state index in [0.717, 1.165) is 28.0 Å². The van der Waals surface area contributed by atoms with Gasteiger partial charge in [-0.1, -0.05) is 66.8 Å². The van der Waals surface area contributed by atoms with Crippen LogP contribution in [-0.2, 0) is 4.79 Å². The van der Waals surface area contributed by atoms with E-state index in [1.165, 1.54) is 0 Å². The molecule has 1 amide bonds. The minimum Gasteiger partial charge on any atom is -0.308 e. The van der Waals surface area contributed by atoms with Crippen LogP contribution in [0.4, 0.5) is 5.69 Å². The van der Waals surface area contributed by atoms with Crippen LogP contribution >= 0.6 is 11.3 Å². The zero-order chi connectivity index (χ0) is 20.8. The molecule has 3 heterocycles. The van der Waals surface area contributed by atoms with Crippen LogP contribution in [-0.4, -0.2) is 27.0 Å². The van der Waals surface area contributed by atoms with Crippen LogP contribution < -0.4 is 20.6 Å². The summed E-state index contributed by atoms with van der Waals surface area (Å²) in [7, 11) is 0. The van der Waals surface area contributed by atoms with Crippen LogP contribution in [0.2, 0.25) is 0 Å². The van der Waals surface area contributed by atoms with Crippen molar-refractivity contribution in [3.63, 3.8) is 0 Å². The van der Waals surface area contributed by atoms with Crippen molar-refractivity contribution in [2.24, 2.45) is 0 Å². The fourth-order valence-corrected chi connectivity index (χ4v) is 4.68. The minimum atomic E-state index is -0.509. The number of benzene rings is 2. The molecule has 0 aliphatic carbocycles. The number of hydrogen-bond acceptors (Lipinski definition) is 6. The predicted octanol–water partition coefficient (Wildman–Crippen LogP) is 1.85. The molecule has 0 fully saturated rings. The van der Waals surface area contributed by atoms with Gasteiger partial charge in [-0.15, -0.1) is 0 Å². The maximum Gasteiger partial charge on any atom is 0.300 e. The van der Waals surface area contributed by atoms with Crippen molar-refractivity contribution in [2.75, 3.05) is 11.4 Å². The highest BCUT2D eigenvalue weighted by molar-refractivity contribution is 7.15. The van der Waals surface area contributed by atoms with Crippen LogP contribution in [0.1, 0.15) is 18.9 Å². The predicted molar refractivity (Wildman–Crippen MR) is 116 cm³/mol. The number of anilines is 1. The Morgan fingerprint density at radius 2 is 1.70 bits per heavy atom. The quantitative estimate of drug-likeness (QED) is 0.509. The van der Waals surface area contributed by atoms with Crippen LogP contribution in [0.15, 0.2) is 64.2 Å². The average Bonchev–Trinajstić information content (AvgIpc) is 3.22. The molecule has 0 N–H and O–H groups in total. The number of aromatic nitrogens is 3. The van der Waals surface area contributed by atoms with Crippen LogP contribution in [0, 0.1) is 0 Å². The number of fused-ring (bicyclic) bond motifs is 2. The smallest absolute Gasteiger partial charge is 0.300 e. The highest BCUT2D eigenvalue weighted by Gasteiger charge is 2.33. The summed E-state index contributed by atoms with van der Waals surface area (Å²) in [6.45, 7) is 2.56. The van der Waals surface area contributed by atoms with E-state index in [1.54, 1.807) is 29.2 Å². The highest BCUT2D eigenvalue weighted by Crippen LogP contribution is 2.35. The molecule has 0 saturated heterocycles. The summed E-state index contributed by atoms with van der Waals surface area (Å²) in [5, 5.41) is 4.27. The molecule has 0 spiro atoms. The fraction of sp³-hybridized carbons (Fsp3) is 0.136. The van der Waals surface area contributed by atoms with Gasteiger partial charge in [0.25, 0.3) is 11.5 Å². The van der Waals surface area contributed by atoms with E-state index in [-0.39, 0.29) is 21.1 Å². The van der Waals surface area contributed by atoms with Crippen molar-refractivity contribution in [3.8, 4) is 11.3 Å². The summed E-state index contributed by atoms with van der Waals surface area (Å²) in [4.78, 5) is 44.8. The molecule has 4 aromatic rings. The lowest BCUT2D eigenvalue weighted by atomic mass is 10.1. The molecule has 30 heavy (non-hydrogen) atoms. The van der Waals surface area contributed by atoms with E-state index in [1.807, 2.05) is 37.3 Å². The second-order valence-electron chi connectivity index (χ2n) is 6.91. The van der Waals surface area contributed by atoms with Gasteiger partial charge in [-0.05, 0) is 12.5 Å². The molecule has 7 nitrogen and oxygen atoms in total. The van der Waals surface area contributed by atoms with Gasteiger partial charge in [0.05, 0.1) is 11.3 Å². The summed E-state index contributed by atoms with van der Waals surface area (Å²) in [6, 6.07) is 16.3. The molecule has 0 saturated carbocycles. The fourth-order valence-electron chi connectivity index (χ4n) is 3.68. The third kappa shape index (κ3) is 2.68. The Labute approximate surface area is 174 Å². The van der Waals surface area contributed by atoms with Crippen LogP contribution in [0.3, 0.4) is 0 Å². The Morgan fingerprint density at radius 1 is 0.967 bits per heavy atom. The van der Waals surface area contributed by atoms with E-state index in [4.69, 9.17) is 0 Å². The van der Waals surface area contributed by atoms with Gasteiger partial charge in [0.15, 0.2) is 5.69 Å². The Balaban J connectivity index is 1.81. The van der Waals surface area contributed by atoms with Crippen LogP contribution in [0.25, 0.3) is 21.8 Å². The molecule has 148 valence electrons. The van der Waals surface area contributed by atoms with Crippen LogP contribution in [0.5, 0.6) is 0 Å². The molecular weight excluding hydrogens is 400 g/mol. The summed E-state index contributed by atoms with van der Waals surface area (Å²) in [6.07, 6.45) is 0.793. The Bertz CT molecular complexity index is 1470. The number of amides is 1. The third-order valence-corrected chi connectivity index (χ3v) is 6.04. The zero-order valence-corrected chi connectivity index (χ0v) is 16.8. The maximum absolute atomic E-state index is 13.2. The number of nitrogens with zero attached hydrogens (tertiary/aromatic N) is 4. The number of carbonyl (C=O) groups excluding carboxylic acids is 1. The summed E-state index contributed by atoms with van der Waals surface area (Å²) in [5.41, 5.74) is 1.57. The van der Waals surface area contributed by atoms with Crippen molar-refractivity contribution in [2.45, 2.75) is 13.3 Å². The summed E-state index contributed by atoms with van der Waals surface area (Å²) >= 11 is 1.02. The maximum atomic E-state index is 13.2. The Kier molecular flexibility index (Phi) is 4.29. The van der Waals surface area contributed by atoms with Gasteiger partial charge in [-0.3, -0.25) is 14.4 Å². The van der Waals surface area contributed by atoms with Crippen molar-refractivity contribution in [1.82, 2.24) is 14.6 Å². The molecule has 5 rings (SSSR count). The standard InChI is InChI=1S/C22H16N4O3S/c1-2-12-25-15-11-7-6-10-14(15)16(20(25)28)18-21(29)26-22(30-18)23-19(27)17(24-26)13-8-4-3-5-9-13/h3-11H,2,12H2,1H3/b18-16-. The Hall–Kier alpha value is -3.65. The molecule has 0 radical (unpaired) electrons. The van der Waals surface area contributed by atoms with E-state index in [9.17, 15) is 14.4 Å². The van der Waals surface area contributed by atoms with E-state index < -0.39 is 11.1 Å². The van der Waals surface area contributed by atoms with Gasteiger partial charge in [0, 0.05) is 17.7 Å². The molecule has 0 unspecified atom stereocenters. The SMILES string of the molecule is CCCN1C(=O)/C(=c2\sc3nc(=O)c(-c4ccccc4)nn3c2=O)c2ccccc21. The molecule has 2 aromatic carbocycles. The first-order valence-corrected chi connectivity index (χ1v) is 10.4. The lowest BCUT2D eigenvalue weighted by Gasteiger charge is -2.15. The molecular formula is C22H16N4O3S. The first-order chi connectivity index (χ1) is 14.6. The largest absolute Gasteiger partial charge is 0.308 e. The van der Waals surface area contributed by atoms with Gasteiger partial charge in [-0.25, -0.2) is 0 Å². The second kappa shape index (κ2) is 7.00. The van der Waals surface area contributed by atoms with Gasteiger partial charge in [-0.2, -0.15) is 14.6 Å². The average molecular weight is 416 g/mol. The topological polar surface area (TPSA) is 84.6 Å². The molecule has 1 aliphatic rings. The molecule has 2 aromatic heterocycles. The molecule has 1 aliphatic heterocycles. The van der Waals surface area contributed by atoms with Crippen molar-refractivity contribution < 1.29 is 4.79 Å². The van der Waals surface area contributed by atoms with E-state index in [2.05, 4.69) is 10.1 Å². The van der Waals surface area contributed by atoms with Gasteiger partial charge in [0.2, 0.25) is 4.96 Å². The lowest BCUT2D eigenvalue weighted by Crippen LogP contribution is -2.33. The van der Waals surface area contributed by atoms with E-state index in [0.29, 0.717) is 23.2 Å². The zero-order valence-electron chi connectivity index (χ0n) is 16.0. The highest BCUT2D eigenvalue weighted by atomic mass is 32.1. The molecule has 0 atom stereocenters. The Morgan fingerprint density at radius 3 is 2.47 bits per heavy atom. The lowest BCUT2D eigenvalue weighted by molar-refractivity contribution is -0.113. The van der Waals surface area contributed by atoms with Gasteiger partial charge in [0.1, 0.15) is 4.53 Å². The monoisotopic (exact) mass is 416 g/mol. The third-order valence-electron chi connectivity index (χ3n) is 5.01. The number of thiazole rings is 1. The second-order valence-corrected chi connectivity index (χ2v) is 7.89. The number of rotatable bonds is 3. The molecule has 0 bridgehead atoms. The first kappa shape index (κ1) is 18.4. The normalized spacial score (nSPS) is 15.1. The van der Waals surface area contributed by atoms with E-state index >= 15 is 0 Å². The summed E-state index contributed by atoms with van der Waals surface area (Å²) < 4.78 is 1.37. The minimum absolute atomic E-state index is 0.102. The van der Waals surface area contributed by atoms with Crippen molar-refractivity contribution in [1.29, 1.82) is 0 Å².